The molecule has 0 amide bonds. The molecular weight excluding hydrogens is 238 g/mol. The zero-order chi connectivity index (χ0) is 14.1. The fourth-order valence-electron chi connectivity index (χ4n) is 2.05. The summed E-state index contributed by atoms with van der Waals surface area (Å²) in [4.78, 5) is 0. The van der Waals surface area contributed by atoms with Gasteiger partial charge in [-0.15, -0.1) is 0 Å². The van der Waals surface area contributed by atoms with Crippen molar-refractivity contribution in [1.29, 1.82) is 0 Å². The van der Waals surface area contributed by atoms with E-state index in [1.165, 1.54) is 5.56 Å². The third-order valence-electron chi connectivity index (χ3n) is 3.34. The maximum Gasteiger partial charge on any atom is 0.122 e. The number of para-hydroxylation sites is 1. The summed E-state index contributed by atoms with van der Waals surface area (Å²) in [5.41, 5.74) is 1.20. The summed E-state index contributed by atoms with van der Waals surface area (Å²) in [6.45, 7) is 8.35. The summed E-state index contributed by atoms with van der Waals surface area (Å²) < 4.78 is 11.0. The number of nitrogens with two attached hydrogens (primary N) is 1. The molecule has 0 heterocycles. The van der Waals surface area contributed by atoms with E-state index in [0.717, 1.165) is 31.7 Å². The van der Waals surface area contributed by atoms with Crippen LogP contribution in [-0.4, -0.2) is 32.4 Å². The van der Waals surface area contributed by atoms with Gasteiger partial charge in [0.05, 0.1) is 25.3 Å². The number of benzene rings is 1. The van der Waals surface area contributed by atoms with E-state index < -0.39 is 0 Å². The third-order valence-corrected chi connectivity index (χ3v) is 3.34. The lowest BCUT2D eigenvalue weighted by molar-refractivity contribution is -0.687. The molecule has 0 aliphatic rings. The van der Waals surface area contributed by atoms with E-state index in [1.54, 1.807) is 7.11 Å². The minimum absolute atomic E-state index is 0.263. The second-order valence-corrected chi connectivity index (χ2v) is 5.27. The van der Waals surface area contributed by atoms with Crippen LogP contribution in [0.2, 0.25) is 0 Å². The van der Waals surface area contributed by atoms with Gasteiger partial charge < -0.3 is 14.8 Å². The Morgan fingerprint density at radius 1 is 1.16 bits per heavy atom. The Hall–Kier alpha value is -1.06. The van der Waals surface area contributed by atoms with Gasteiger partial charge in [0.1, 0.15) is 5.75 Å². The van der Waals surface area contributed by atoms with E-state index in [0.29, 0.717) is 6.04 Å². The van der Waals surface area contributed by atoms with Gasteiger partial charge in [0.15, 0.2) is 0 Å². The van der Waals surface area contributed by atoms with Crippen LogP contribution in [0.1, 0.15) is 32.3 Å². The van der Waals surface area contributed by atoms with E-state index in [2.05, 4.69) is 32.2 Å². The van der Waals surface area contributed by atoms with Crippen molar-refractivity contribution in [3.63, 3.8) is 0 Å². The van der Waals surface area contributed by atoms with Crippen molar-refractivity contribution in [2.75, 3.05) is 20.3 Å². The lowest BCUT2D eigenvalue weighted by Crippen LogP contribution is -2.90. The van der Waals surface area contributed by atoms with Crippen molar-refractivity contribution in [3.8, 4) is 5.75 Å². The Kier molecular flexibility index (Phi) is 7.53. The minimum atomic E-state index is 0.263. The molecule has 2 N–H and O–H groups in total. The van der Waals surface area contributed by atoms with Crippen LogP contribution in [-0.2, 0) is 4.74 Å². The summed E-state index contributed by atoms with van der Waals surface area (Å²) in [6, 6.07) is 8.82. The molecule has 19 heavy (non-hydrogen) atoms. The normalized spacial score (nSPS) is 14.1. The topological polar surface area (TPSA) is 35.1 Å². The fraction of sp³-hybridized carbons (Fsp3) is 0.625. The van der Waals surface area contributed by atoms with Crippen LogP contribution in [0.5, 0.6) is 5.75 Å². The maximum atomic E-state index is 5.98. The first-order chi connectivity index (χ1) is 9.13. The van der Waals surface area contributed by atoms with Gasteiger partial charge in [-0.3, -0.25) is 0 Å². The van der Waals surface area contributed by atoms with Crippen molar-refractivity contribution >= 4 is 0 Å². The van der Waals surface area contributed by atoms with Crippen LogP contribution in [0, 0.1) is 6.92 Å². The highest BCUT2D eigenvalue weighted by Gasteiger charge is 2.10. The number of ether oxygens (including phenoxy) is 2. The number of aryl methyl sites for hydroxylation is 1. The lowest BCUT2D eigenvalue weighted by Gasteiger charge is -2.18. The highest BCUT2D eigenvalue weighted by atomic mass is 16.5. The molecule has 0 fully saturated rings. The first-order valence-corrected chi connectivity index (χ1v) is 7.18. The van der Waals surface area contributed by atoms with Crippen molar-refractivity contribution in [1.82, 2.24) is 0 Å². The van der Waals surface area contributed by atoms with E-state index in [9.17, 15) is 0 Å². The van der Waals surface area contributed by atoms with Crippen molar-refractivity contribution in [2.45, 2.75) is 45.8 Å². The molecule has 1 rings (SSSR count). The molecule has 0 radical (unpaired) electrons. The highest BCUT2D eigenvalue weighted by molar-refractivity contribution is 5.31. The second-order valence-electron chi connectivity index (χ2n) is 5.27. The van der Waals surface area contributed by atoms with E-state index in [1.807, 2.05) is 18.2 Å². The van der Waals surface area contributed by atoms with E-state index >= 15 is 0 Å². The SMILES string of the molecule is COCC[NH2+][C@H](C)CC[C@@H](C)Oc1ccccc1C. The van der Waals surface area contributed by atoms with Crippen LogP contribution in [0.4, 0.5) is 0 Å². The third kappa shape index (κ3) is 6.60. The van der Waals surface area contributed by atoms with Gasteiger partial charge in [-0.1, -0.05) is 18.2 Å². The standard InChI is InChI=1S/C16H27NO2/c1-13-7-5-6-8-16(13)19-15(3)10-9-14(2)17-11-12-18-4/h5-8,14-15,17H,9-12H2,1-4H3/p+1/t14-,15-/m1/s1. The number of hydrogen-bond acceptors (Lipinski definition) is 2. The molecule has 0 bridgehead atoms. The molecule has 1 aromatic carbocycles. The summed E-state index contributed by atoms with van der Waals surface area (Å²) >= 11 is 0. The van der Waals surface area contributed by atoms with Gasteiger partial charge in [-0.2, -0.15) is 0 Å². The van der Waals surface area contributed by atoms with Crippen molar-refractivity contribution in [3.05, 3.63) is 29.8 Å². The summed E-state index contributed by atoms with van der Waals surface area (Å²) in [7, 11) is 1.75. The number of rotatable bonds is 9. The predicted molar refractivity (Wildman–Crippen MR) is 78.6 cm³/mol. The van der Waals surface area contributed by atoms with Gasteiger partial charge in [0.2, 0.25) is 0 Å². The summed E-state index contributed by atoms with van der Waals surface area (Å²) in [6.07, 6.45) is 2.51. The van der Waals surface area contributed by atoms with Crippen LogP contribution < -0.4 is 10.1 Å². The molecule has 2 atom stereocenters. The zero-order valence-corrected chi connectivity index (χ0v) is 12.7. The molecule has 108 valence electrons. The van der Waals surface area contributed by atoms with Gasteiger partial charge in [-0.25, -0.2) is 0 Å². The molecule has 3 nitrogen and oxygen atoms in total. The van der Waals surface area contributed by atoms with Crippen LogP contribution >= 0.6 is 0 Å². The smallest absolute Gasteiger partial charge is 0.122 e. The average Bonchev–Trinajstić information content (AvgIpc) is 2.39. The van der Waals surface area contributed by atoms with Crippen LogP contribution in [0.15, 0.2) is 24.3 Å². The van der Waals surface area contributed by atoms with Crippen LogP contribution in [0.3, 0.4) is 0 Å². The number of hydrogen-bond donors (Lipinski definition) is 1. The van der Waals surface area contributed by atoms with Crippen molar-refractivity contribution < 1.29 is 14.8 Å². The Balaban J connectivity index is 2.24. The second kappa shape index (κ2) is 8.94. The molecule has 1 aromatic rings. The molecule has 0 aliphatic carbocycles. The Morgan fingerprint density at radius 3 is 2.58 bits per heavy atom. The monoisotopic (exact) mass is 266 g/mol. The fourth-order valence-corrected chi connectivity index (χ4v) is 2.05. The van der Waals surface area contributed by atoms with Gasteiger partial charge in [0.25, 0.3) is 0 Å². The zero-order valence-electron chi connectivity index (χ0n) is 12.7. The number of methoxy groups -OCH3 is 1. The van der Waals surface area contributed by atoms with E-state index in [-0.39, 0.29) is 6.10 Å². The largest absolute Gasteiger partial charge is 0.490 e. The Labute approximate surface area is 117 Å². The van der Waals surface area contributed by atoms with Gasteiger partial charge in [0, 0.05) is 13.5 Å². The molecule has 3 heteroatoms. The molecule has 0 spiro atoms. The average molecular weight is 266 g/mol. The summed E-state index contributed by atoms with van der Waals surface area (Å²) in [5.74, 6) is 1.01. The molecule has 0 aliphatic heterocycles. The first kappa shape index (κ1) is 16.0. The maximum absolute atomic E-state index is 5.98. The number of quaternary nitrogens is 1. The Morgan fingerprint density at radius 2 is 1.89 bits per heavy atom. The quantitative estimate of drug-likeness (QED) is 0.695. The first-order valence-electron chi connectivity index (χ1n) is 7.18. The molecule has 0 unspecified atom stereocenters. The van der Waals surface area contributed by atoms with Crippen LogP contribution in [0.25, 0.3) is 0 Å². The molecule has 0 saturated heterocycles. The molecular formula is C16H28NO2+. The highest BCUT2D eigenvalue weighted by Crippen LogP contribution is 2.19. The van der Waals surface area contributed by atoms with Gasteiger partial charge >= 0.3 is 0 Å². The Bertz CT molecular complexity index is 354. The molecule has 0 saturated carbocycles. The van der Waals surface area contributed by atoms with Gasteiger partial charge in [-0.05, 0) is 38.8 Å². The van der Waals surface area contributed by atoms with E-state index in [4.69, 9.17) is 9.47 Å². The summed E-state index contributed by atoms with van der Waals surface area (Å²) in [5, 5.41) is 2.34. The lowest BCUT2D eigenvalue weighted by atomic mass is 10.1. The minimum Gasteiger partial charge on any atom is -0.490 e. The van der Waals surface area contributed by atoms with Crippen molar-refractivity contribution in [2.24, 2.45) is 0 Å². The molecule has 0 aromatic heterocycles. The predicted octanol–water partition coefficient (Wildman–Crippen LogP) is 2.14.